The number of hydrogen-bond acceptors (Lipinski definition) is 3. The van der Waals surface area contributed by atoms with Crippen LogP contribution in [-0.2, 0) is 0 Å². The van der Waals surface area contributed by atoms with Crippen molar-refractivity contribution in [3.8, 4) is 17.1 Å². The van der Waals surface area contributed by atoms with Gasteiger partial charge in [-0.1, -0.05) is 66.7 Å². The molecule has 0 atom stereocenters. The molecule has 4 aromatic carbocycles. The van der Waals surface area contributed by atoms with Gasteiger partial charge in [0.15, 0.2) is 5.78 Å². The van der Waals surface area contributed by atoms with Gasteiger partial charge in [-0.25, -0.2) is 0 Å². The number of benzene rings is 4. The molecule has 1 N–H and O–H groups in total. The molecule has 0 spiro atoms. The molecule has 0 radical (unpaired) electrons. The summed E-state index contributed by atoms with van der Waals surface area (Å²) in [5.41, 5.74) is 2.71. The number of ketones is 1. The highest BCUT2D eigenvalue weighted by Crippen LogP contribution is 2.36. The van der Waals surface area contributed by atoms with Crippen LogP contribution in [0.1, 0.15) is 15.9 Å². The Labute approximate surface area is 161 Å². The van der Waals surface area contributed by atoms with E-state index in [1.807, 2.05) is 78.9 Å². The number of furan rings is 1. The lowest BCUT2D eigenvalue weighted by molar-refractivity contribution is 0.104. The number of phenols is 1. The summed E-state index contributed by atoms with van der Waals surface area (Å²) in [6, 6.07) is 27.9. The first-order valence-electron chi connectivity index (χ1n) is 9.05. The van der Waals surface area contributed by atoms with Crippen molar-refractivity contribution in [1.82, 2.24) is 0 Å². The first kappa shape index (κ1) is 16.3. The van der Waals surface area contributed by atoms with Crippen LogP contribution in [0.5, 0.6) is 5.75 Å². The van der Waals surface area contributed by atoms with Gasteiger partial charge in [-0.3, -0.25) is 4.79 Å². The fourth-order valence-corrected chi connectivity index (χ4v) is 3.58. The number of para-hydroxylation sites is 1. The van der Waals surface area contributed by atoms with E-state index in [2.05, 4.69) is 0 Å². The molecule has 0 bridgehead atoms. The Balaban J connectivity index is 1.76. The Kier molecular flexibility index (Phi) is 3.73. The molecular formula is C25H16O3. The van der Waals surface area contributed by atoms with Gasteiger partial charge < -0.3 is 9.52 Å². The molecule has 1 aromatic heterocycles. The molecule has 3 heteroatoms. The number of carbonyl (C=O) groups excluding carboxylic acids is 1. The lowest BCUT2D eigenvalue weighted by Gasteiger charge is -2.06. The standard InChI is InChI=1S/C25H16O3/c26-20-13-12-17-14-19(11-10-18(17)15-20)25-23(21-8-4-5-9-22(21)28-25)24(27)16-6-2-1-3-7-16/h1-15,26H. The largest absolute Gasteiger partial charge is 0.508 e. The fourth-order valence-electron chi connectivity index (χ4n) is 3.58. The summed E-state index contributed by atoms with van der Waals surface area (Å²) < 4.78 is 6.13. The Bertz CT molecular complexity index is 1330. The molecule has 0 unspecified atom stereocenters. The molecule has 1 heterocycles. The number of phenolic OH excluding ortho intramolecular Hbond substituents is 1. The SMILES string of the molecule is O=C(c1ccccc1)c1c(-c2ccc3cc(O)ccc3c2)oc2ccccc12. The predicted octanol–water partition coefficient (Wildman–Crippen LogP) is 6.19. The molecule has 0 amide bonds. The van der Waals surface area contributed by atoms with Crippen LogP contribution < -0.4 is 0 Å². The van der Waals surface area contributed by atoms with E-state index in [9.17, 15) is 9.90 Å². The van der Waals surface area contributed by atoms with E-state index in [-0.39, 0.29) is 11.5 Å². The maximum atomic E-state index is 13.3. The van der Waals surface area contributed by atoms with E-state index in [1.165, 1.54) is 0 Å². The highest BCUT2D eigenvalue weighted by Gasteiger charge is 2.23. The van der Waals surface area contributed by atoms with Crippen LogP contribution in [0.4, 0.5) is 0 Å². The first-order valence-corrected chi connectivity index (χ1v) is 9.05. The van der Waals surface area contributed by atoms with Gasteiger partial charge in [-0.2, -0.15) is 0 Å². The van der Waals surface area contributed by atoms with Crippen LogP contribution in [0.25, 0.3) is 33.1 Å². The molecule has 0 aliphatic heterocycles. The summed E-state index contributed by atoms with van der Waals surface area (Å²) in [6.07, 6.45) is 0. The average molecular weight is 364 g/mol. The van der Waals surface area contributed by atoms with Crippen molar-refractivity contribution in [3.63, 3.8) is 0 Å². The van der Waals surface area contributed by atoms with Crippen LogP contribution in [0.15, 0.2) is 95.4 Å². The number of fused-ring (bicyclic) bond motifs is 2. The van der Waals surface area contributed by atoms with Crippen molar-refractivity contribution in [2.45, 2.75) is 0 Å². The number of aromatic hydroxyl groups is 1. The molecular weight excluding hydrogens is 348 g/mol. The number of carbonyl (C=O) groups is 1. The third kappa shape index (κ3) is 2.65. The van der Waals surface area contributed by atoms with Crippen molar-refractivity contribution >= 4 is 27.5 Å². The Morgan fingerprint density at radius 1 is 0.750 bits per heavy atom. The van der Waals surface area contributed by atoms with Crippen molar-refractivity contribution in [1.29, 1.82) is 0 Å². The fraction of sp³-hybridized carbons (Fsp3) is 0. The molecule has 3 nitrogen and oxygen atoms in total. The van der Waals surface area contributed by atoms with E-state index in [0.29, 0.717) is 22.5 Å². The molecule has 28 heavy (non-hydrogen) atoms. The van der Waals surface area contributed by atoms with Crippen molar-refractivity contribution in [3.05, 3.63) is 102 Å². The van der Waals surface area contributed by atoms with Gasteiger partial charge in [0, 0.05) is 16.5 Å². The Hall–Kier alpha value is -3.85. The quantitative estimate of drug-likeness (QED) is 0.388. The van der Waals surface area contributed by atoms with Gasteiger partial charge in [-0.15, -0.1) is 0 Å². The van der Waals surface area contributed by atoms with Crippen LogP contribution in [0.2, 0.25) is 0 Å². The van der Waals surface area contributed by atoms with E-state index in [1.54, 1.807) is 12.1 Å². The summed E-state index contributed by atoms with van der Waals surface area (Å²) in [5, 5.41) is 12.4. The molecule has 5 rings (SSSR count). The topological polar surface area (TPSA) is 50.4 Å². The maximum Gasteiger partial charge on any atom is 0.197 e. The Morgan fingerprint density at radius 3 is 2.32 bits per heavy atom. The summed E-state index contributed by atoms with van der Waals surface area (Å²) >= 11 is 0. The molecule has 0 fully saturated rings. The zero-order valence-corrected chi connectivity index (χ0v) is 14.9. The van der Waals surface area contributed by atoms with E-state index in [0.717, 1.165) is 21.7 Å². The van der Waals surface area contributed by atoms with Crippen molar-refractivity contribution in [2.75, 3.05) is 0 Å². The van der Waals surface area contributed by atoms with Gasteiger partial charge in [0.1, 0.15) is 17.1 Å². The van der Waals surface area contributed by atoms with Crippen LogP contribution in [0, 0.1) is 0 Å². The van der Waals surface area contributed by atoms with Crippen molar-refractivity contribution in [2.24, 2.45) is 0 Å². The number of hydrogen-bond donors (Lipinski definition) is 1. The van der Waals surface area contributed by atoms with Gasteiger partial charge in [-0.05, 0) is 35.0 Å². The molecule has 5 aromatic rings. The first-order chi connectivity index (χ1) is 13.7. The van der Waals surface area contributed by atoms with E-state index >= 15 is 0 Å². The smallest absolute Gasteiger partial charge is 0.197 e. The van der Waals surface area contributed by atoms with Crippen LogP contribution in [0.3, 0.4) is 0 Å². The molecule has 0 saturated heterocycles. The van der Waals surface area contributed by atoms with Crippen molar-refractivity contribution < 1.29 is 14.3 Å². The van der Waals surface area contributed by atoms with Gasteiger partial charge in [0.25, 0.3) is 0 Å². The summed E-state index contributed by atoms with van der Waals surface area (Å²) in [5.74, 6) is 0.723. The second-order valence-corrected chi connectivity index (χ2v) is 6.74. The second kappa shape index (κ2) is 6.39. The number of rotatable bonds is 3. The highest BCUT2D eigenvalue weighted by atomic mass is 16.3. The zero-order chi connectivity index (χ0) is 19.1. The third-order valence-electron chi connectivity index (χ3n) is 4.94. The van der Waals surface area contributed by atoms with Gasteiger partial charge in [0.2, 0.25) is 0 Å². The monoisotopic (exact) mass is 364 g/mol. The van der Waals surface area contributed by atoms with Gasteiger partial charge in [0.05, 0.1) is 5.56 Å². The second-order valence-electron chi connectivity index (χ2n) is 6.74. The predicted molar refractivity (Wildman–Crippen MR) is 111 cm³/mol. The molecule has 0 aliphatic carbocycles. The highest BCUT2D eigenvalue weighted by molar-refractivity contribution is 6.19. The van der Waals surface area contributed by atoms with Crippen LogP contribution >= 0.6 is 0 Å². The Morgan fingerprint density at radius 2 is 1.46 bits per heavy atom. The van der Waals surface area contributed by atoms with Crippen LogP contribution in [-0.4, -0.2) is 10.9 Å². The lowest BCUT2D eigenvalue weighted by Crippen LogP contribution is -2.01. The van der Waals surface area contributed by atoms with E-state index < -0.39 is 0 Å². The lowest BCUT2D eigenvalue weighted by atomic mass is 9.96. The van der Waals surface area contributed by atoms with Gasteiger partial charge >= 0.3 is 0 Å². The molecule has 134 valence electrons. The zero-order valence-electron chi connectivity index (χ0n) is 14.9. The minimum absolute atomic E-state index is 0.0636. The summed E-state index contributed by atoms with van der Waals surface area (Å²) in [6.45, 7) is 0. The molecule has 0 aliphatic rings. The summed E-state index contributed by atoms with van der Waals surface area (Å²) in [7, 11) is 0. The summed E-state index contributed by atoms with van der Waals surface area (Å²) in [4.78, 5) is 13.3. The minimum Gasteiger partial charge on any atom is -0.508 e. The van der Waals surface area contributed by atoms with E-state index in [4.69, 9.17) is 4.42 Å². The third-order valence-corrected chi connectivity index (χ3v) is 4.94. The minimum atomic E-state index is -0.0636. The normalized spacial score (nSPS) is 11.1. The average Bonchev–Trinajstić information content (AvgIpc) is 3.13. The molecule has 0 saturated carbocycles. The maximum absolute atomic E-state index is 13.3.